The fourth-order valence-electron chi connectivity index (χ4n) is 1.49. The van der Waals surface area contributed by atoms with E-state index in [0.29, 0.717) is 6.61 Å². The van der Waals surface area contributed by atoms with Gasteiger partial charge in [0.2, 0.25) is 0 Å². The standard InChI is InChI=1S/C13H14O2S/c1-10(14)12-4-2-3-5-13(12)15-8-11-6-7-16-9-11/h2-7,9-10,14H,8H2,1H3/t10-/m1/s1. The number of thiophene rings is 1. The Balaban J connectivity index is 2.09. The van der Waals surface area contributed by atoms with Gasteiger partial charge in [-0.2, -0.15) is 11.3 Å². The van der Waals surface area contributed by atoms with Crippen LogP contribution in [0, 0.1) is 0 Å². The minimum atomic E-state index is -0.501. The minimum Gasteiger partial charge on any atom is -0.488 e. The summed E-state index contributed by atoms with van der Waals surface area (Å²) in [5, 5.41) is 13.7. The van der Waals surface area contributed by atoms with Gasteiger partial charge in [-0.15, -0.1) is 0 Å². The van der Waals surface area contributed by atoms with Crippen molar-refractivity contribution < 1.29 is 9.84 Å². The van der Waals surface area contributed by atoms with Gasteiger partial charge in [0.1, 0.15) is 12.4 Å². The van der Waals surface area contributed by atoms with E-state index in [4.69, 9.17) is 4.74 Å². The van der Waals surface area contributed by atoms with Crippen LogP contribution in [-0.4, -0.2) is 5.11 Å². The van der Waals surface area contributed by atoms with Crippen LogP contribution in [0.2, 0.25) is 0 Å². The third-order valence-electron chi connectivity index (χ3n) is 2.34. The molecule has 0 fully saturated rings. The van der Waals surface area contributed by atoms with E-state index in [-0.39, 0.29) is 0 Å². The molecule has 84 valence electrons. The molecule has 0 aliphatic carbocycles. The third-order valence-corrected chi connectivity index (χ3v) is 3.08. The monoisotopic (exact) mass is 234 g/mol. The number of ether oxygens (including phenoxy) is 1. The largest absolute Gasteiger partial charge is 0.488 e. The molecule has 2 rings (SSSR count). The molecule has 2 nitrogen and oxygen atoms in total. The average Bonchev–Trinajstić information content (AvgIpc) is 2.79. The van der Waals surface area contributed by atoms with Gasteiger partial charge in [0.25, 0.3) is 0 Å². The van der Waals surface area contributed by atoms with Crippen molar-refractivity contribution in [1.82, 2.24) is 0 Å². The van der Waals surface area contributed by atoms with Crippen LogP contribution in [0.25, 0.3) is 0 Å². The quantitative estimate of drug-likeness (QED) is 0.878. The van der Waals surface area contributed by atoms with Gasteiger partial charge in [-0.1, -0.05) is 18.2 Å². The lowest BCUT2D eigenvalue weighted by Gasteiger charge is -2.12. The highest BCUT2D eigenvalue weighted by molar-refractivity contribution is 7.07. The zero-order valence-corrected chi connectivity index (χ0v) is 9.91. The van der Waals surface area contributed by atoms with Crippen LogP contribution in [0.15, 0.2) is 41.1 Å². The zero-order chi connectivity index (χ0) is 11.4. The molecule has 0 saturated carbocycles. The van der Waals surface area contributed by atoms with E-state index in [1.165, 1.54) is 0 Å². The van der Waals surface area contributed by atoms with E-state index in [9.17, 15) is 5.11 Å². The molecule has 0 radical (unpaired) electrons. The first-order chi connectivity index (χ1) is 7.77. The van der Waals surface area contributed by atoms with Crippen LogP contribution in [-0.2, 0) is 6.61 Å². The lowest BCUT2D eigenvalue weighted by Crippen LogP contribution is -1.99. The van der Waals surface area contributed by atoms with Crippen LogP contribution in [0.1, 0.15) is 24.2 Å². The molecule has 0 spiro atoms. The summed E-state index contributed by atoms with van der Waals surface area (Å²) in [6, 6.07) is 9.62. The van der Waals surface area contributed by atoms with Crippen LogP contribution >= 0.6 is 11.3 Å². The van der Waals surface area contributed by atoms with Crippen molar-refractivity contribution in [3.63, 3.8) is 0 Å². The van der Waals surface area contributed by atoms with Crippen molar-refractivity contribution in [2.75, 3.05) is 0 Å². The molecule has 1 N–H and O–H groups in total. The summed E-state index contributed by atoms with van der Waals surface area (Å²) in [5.74, 6) is 0.753. The van der Waals surface area contributed by atoms with Crippen molar-refractivity contribution in [2.45, 2.75) is 19.6 Å². The van der Waals surface area contributed by atoms with Gasteiger partial charge in [0.15, 0.2) is 0 Å². The van der Waals surface area contributed by atoms with E-state index < -0.39 is 6.10 Å². The smallest absolute Gasteiger partial charge is 0.125 e. The molecular formula is C13H14O2S. The second kappa shape index (κ2) is 5.14. The lowest BCUT2D eigenvalue weighted by molar-refractivity contribution is 0.190. The maximum atomic E-state index is 9.58. The van der Waals surface area contributed by atoms with Gasteiger partial charge in [-0.3, -0.25) is 0 Å². The summed E-state index contributed by atoms with van der Waals surface area (Å²) < 4.78 is 5.69. The van der Waals surface area contributed by atoms with Gasteiger partial charge in [-0.05, 0) is 35.4 Å². The van der Waals surface area contributed by atoms with Crippen molar-refractivity contribution in [1.29, 1.82) is 0 Å². The molecule has 16 heavy (non-hydrogen) atoms. The van der Waals surface area contributed by atoms with Gasteiger partial charge < -0.3 is 9.84 Å². The van der Waals surface area contributed by atoms with Crippen molar-refractivity contribution >= 4 is 11.3 Å². The second-order valence-corrected chi connectivity index (χ2v) is 4.41. The van der Waals surface area contributed by atoms with E-state index >= 15 is 0 Å². The normalized spacial score (nSPS) is 12.4. The second-order valence-electron chi connectivity index (χ2n) is 3.63. The molecule has 1 aromatic heterocycles. The Bertz CT molecular complexity index is 435. The first-order valence-corrected chi connectivity index (χ1v) is 6.12. The lowest BCUT2D eigenvalue weighted by atomic mass is 10.1. The molecule has 0 aliphatic rings. The van der Waals surface area contributed by atoms with Crippen molar-refractivity contribution in [3.8, 4) is 5.75 Å². The molecular weight excluding hydrogens is 220 g/mol. The van der Waals surface area contributed by atoms with Gasteiger partial charge in [0, 0.05) is 5.56 Å². The predicted octanol–water partition coefficient (Wildman–Crippen LogP) is 3.38. The van der Waals surface area contributed by atoms with Gasteiger partial charge >= 0.3 is 0 Å². The Hall–Kier alpha value is -1.32. The molecule has 1 heterocycles. The Morgan fingerprint density at radius 2 is 2.12 bits per heavy atom. The Morgan fingerprint density at radius 1 is 1.31 bits per heavy atom. The molecule has 1 atom stereocenters. The SMILES string of the molecule is C[C@@H](O)c1ccccc1OCc1ccsc1. The zero-order valence-electron chi connectivity index (χ0n) is 9.09. The van der Waals surface area contributed by atoms with Gasteiger partial charge in [-0.25, -0.2) is 0 Å². The number of rotatable bonds is 4. The number of para-hydroxylation sites is 1. The highest BCUT2D eigenvalue weighted by Crippen LogP contribution is 2.25. The topological polar surface area (TPSA) is 29.5 Å². The summed E-state index contributed by atoms with van der Waals surface area (Å²) in [6.45, 7) is 2.29. The molecule has 0 saturated heterocycles. The third kappa shape index (κ3) is 2.62. The van der Waals surface area contributed by atoms with Gasteiger partial charge in [0.05, 0.1) is 6.10 Å². The Labute approximate surface area is 99.1 Å². The highest BCUT2D eigenvalue weighted by Gasteiger charge is 2.07. The Morgan fingerprint density at radius 3 is 2.81 bits per heavy atom. The molecule has 0 amide bonds. The summed E-state index contributed by atoms with van der Waals surface area (Å²) >= 11 is 1.66. The minimum absolute atomic E-state index is 0.501. The van der Waals surface area contributed by atoms with Crippen LogP contribution in [0.3, 0.4) is 0 Å². The van der Waals surface area contributed by atoms with E-state index in [1.54, 1.807) is 18.3 Å². The number of hydrogen-bond donors (Lipinski definition) is 1. The summed E-state index contributed by atoms with van der Waals surface area (Å²) in [6.07, 6.45) is -0.501. The number of benzene rings is 1. The molecule has 0 aliphatic heterocycles. The summed E-state index contributed by atoms with van der Waals surface area (Å²) in [5.41, 5.74) is 1.99. The summed E-state index contributed by atoms with van der Waals surface area (Å²) in [4.78, 5) is 0. The fourth-order valence-corrected chi connectivity index (χ4v) is 2.15. The first kappa shape index (κ1) is 11.2. The van der Waals surface area contributed by atoms with Crippen LogP contribution in [0.4, 0.5) is 0 Å². The van der Waals surface area contributed by atoms with E-state index in [0.717, 1.165) is 16.9 Å². The average molecular weight is 234 g/mol. The summed E-state index contributed by atoms with van der Waals surface area (Å²) in [7, 11) is 0. The molecule has 3 heteroatoms. The number of hydrogen-bond acceptors (Lipinski definition) is 3. The fraction of sp³-hybridized carbons (Fsp3) is 0.231. The van der Waals surface area contributed by atoms with Crippen LogP contribution in [0.5, 0.6) is 5.75 Å². The maximum absolute atomic E-state index is 9.58. The molecule has 0 unspecified atom stereocenters. The van der Waals surface area contributed by atoms with E-state index in [1.807, 2.05) is 35.7 Å². The molecule has 1 aromatic carbocycles. The van der Waals surface area contributed by atoms with Crippen molar-refractivity contribution in [3.05, 3.63) is 52.2 Å². The predicted molar refractivity (Wildman–Crippen MR) is 65.7 cm³/mol. The number of aliphatic hydroxyl groups excluding tert-OH is 1. The molecule has 2 aromatic rings. The first-order valence-electron chi connectivity index (χ1n) is 5.18. The van der Waals surface area contributed by atoms with E-state index in [2.05, 4.69) is 5.38 Å². The highest BCUT2D eigenvalue weighted by atomic mass is 32.1. The Kier molecular flexibility index (Phi) is 3.59. The maximum Gasteiger partial charge on any atom is 0.125 e. The number of aliphatic hydroxyl groups is 1. The van der Waals surface area contributed by atoms with Crippen LogP contribution < -0.4 is 4.74 Å². The van der Waals surface area contributed by atoms with Crippen molar-refractivity contribution in [2.24, 2.45) is 0 Å². The molecule has 0 bridgehead atoms.